The van der Waals surface area contributed by atoms with Crippen molar-refractivity contribution >= 4 is 29.1 Å². The number of carbonyl (C=O) groups is 2. The molecule has 1 fully saturated rings. The van der Waals surface area contributed by atoms with Crippen LogP contribution in [-0.4, -0.2) is 39.1 Å². The second-order valence-corrected chi connectivity index (χ2v) is 7.46. The molecule has 2 heterocycles. The van der Waals surface area contributed by atoms with Crippen molar-refractivity contribution < 1.29 is 37.0 Å². The van der Waals surface area contributed by atoms with Gasteiger partial charge in [-0.15, -0.1) is 0 Å². The van der Waals surface area contributed by atoms with Crippen LogP contribution in [0.1, 0.15) is 45.8 Å². The van der Waals surface area contributed by atoms with E-state index in [9.17, 15) is 22.8 Å². The molecule has 34 heavy (non-hydrogen) atoms. The van der Waals surface area contributed by atoms with Crippen LogP contribution in [0.25, 0.3) is 11.3 Å². The lowest BCUT2D eigenvalue weighted by Crippen LogP contribution is -2.33. The molecule has 10 nitrogen and oxygen atoms in total. The number of alkyl halides is 3. The minimum absolute atomic E-state index is 0.00886. The number of amides is 2. The third kappa shape index (κ3) is 5.92. The van der Waals surface area contributed by atoms with Gasteiger partial charge in [-0.25, -0.2) is 0 Å². The van der Waals surface area contributed by atoms with Crippen molar-refractivity contribution in [2.45, 2.75) is 31.5 Å². The molecular formula is C20H17ClF3N5O5. The lowest BCUT2D eigenvalue weighted by molar-refractivity contribution is -0.137. The predicted molar refractivity (Wildman–Crippen MR) is 111 cm³/mol. The van der Waals surface area contributed by atoms with E-state index in [2.05, 4.69) is 25.3 Å². The summed E-state index contributed by atoms with van der Waals surface area (Å²) in [4.78, 5) is 22.4. The van der Waals surface area contributed by atoms with E-state index >= 15 is 0 Å². The smallest absolute Gasteiger partial charge is 0.411 e. The van der Waals surface area contributed by atoms with Gasteiger partial charge in [0.05, 0.1) is 11.3 Å². The summed E-state index contributed by atoms with van der Waals surface area (Å²) in [6, 6.07) is 5.36. The lowest BCUT2D eigenvalue weighted by atomic mass is 10.1. The largest absolute Gasteiger partial charge is 0.416 e. The molecule has 1 aromatic carbocycles. The first-order valence-corrected chi connectivity index (χ1v) is 10.0. The molecule has 1 aliphatic carbocycles. The van der Waals surface area contributed by atoms with Gasteiger partial charge in [0.15, 0.2) is 17.1 Å². The van der Waals surface area contributed by atoms with Gasteiger partial charge in [0, 0.05) is 24.1 Å². The molecule has 0 spiro atoms. The van der Waals surface area contributed by atoms with Crippen molar-refractivity contribution in [3.8, 4) is 11.3 Å². The Labute approximate surface area is 194 Å². The van der Waals surface area contributed by atoms with E-state index in [0.717, 1.165) is 12.1 Å². The molecule has 0 unspecified atom stereocenters. The number of hydrogen-bond donors (Lipinski definition) is 3. The Bertz CT molecular complexity index is 1180. The van der Waals surface area contributed by atoms with E-state index in [0.29, 0.717) is 25.0 Å². The van der Waals surface area contributed by atoms with Crippen LogP contribution < -0.4 is 11.1 Å². The maximum atomic E-state index is 12.6. The second kappa shape index (κ2) is 10.4. The number of aromatic nitrogens is 2. The average molecular weight is 500 g/mol. The Morgan fingerprint density at radius 2 is 1.91 bits per heavy atom. The molecule has 0 saturated heterocycles. The van der Waals surface area contributed by atoms with Gasteiger partial charge in [-0.1, -0.05) is 39.2 Å². The molecule has 2 amide bonds. The molecule has 0 aliphatic heterocycles. The molecule has 3 aromatic rings. The zero-order chi connectivity index (χ0) is 24.9. The number of halogens is 4. The molecule has 0 radical (unpaired) electrons. The Balaban J connectivity index is 0.000000343. The minimum Gasteiger partial charge on any atom is -0.411 e. The number of rotatable bonds is 4. The Morgan fingerprint density at radius 3 is 2.41 bits per heavy atom. The number of nitrogens with two attached hydrogens (primary N) is 1. The number of hydrogen-bond acceptors (Lipinski definition) is 8. The number of carbonyl (C=O) groups excluding carboxylic acids is 2. The monoisotopic (exact) mass is 499 g/mol. The van der Waals surface area contributed by atoms with Gasteiger partial charge < -0.3 is 25.3 Å². The third-order valence-electron chi connectivity index (χ3n) is 4.76. The zero-order valence-corrected chi connectivity index (χ0v) is 17.9. The van der Waals surface area contributed by atoms with Gasteiger partial charge in [0.2, 0.25) is 0 Å². The van der Waals surface area contributed by atoms with Crippen molar-refractivity contribution in [3.05, 3.63) is 58.6 Å². The second-order valence-electron chi connectivity index (χ2n) is 7.08. The van der Waals surface area contributed by atoms with Crippen molar-refractivity contribution in [3.63, 3.8) is 0 Å². The van der Waals surface area contributed by atoms with Crippen LogP contribution in [0.5, 0.6) is 0 Å². The summed E-state index contributed by atoms with van der Waals surface area (Å²) in [5.41, 5.74) is 4.85. The molecule has 14 heteroatoms. The predicted octanol–water partition coefficient (Wildman–Crippen LogP) is 3.90. The van der Waals surface area contributed by atoms with Gasteiger partial charge in [-0.2, -0.15) is 13.2 Å². The van der Waals surface area contributed by atoms with Gasteiger partial charge in [-0.05, 0) is 25.0 Å². The van der Waals surface area contributed by atoms with Crippen molar-refractivity contribution in [1.82, 2.24) is 15.6 Å². The number of benzene rings is 1. The molecule has 0 bridgehead atoms. The number of nitrogens with zero attached hydrogens (tertiary/aromatic N) is 3. The van der Waals surface area contributed by atoms with E-state index in [4.69, 9.17) is 27.1 Å². The van der Waals surface area contributed by atoms with Crippen LogP contribution >= 0.6 is 11.6 Å². The van der Waals surface area contributed by atoms with Crippen molar-refractivity contribution in [1.29, 1.82) is 0 Å². The minimum atomic E-state index is -4.45. The first-order chi connectivity index (χ1) is 16.1. The van der Waals surface area contributed by atoms with Gasteiger partial charge in [0.1, 0.15) is 11.3 Å². The van der Waals surface area contributed by atoms with E-state index < -0.39 is 23.6 Å². The van der Waals surface area contributed by atoms with Gasteiger partial charge >= 0.3 is 6.18 Å². The highest BCUT2D eigenvalue weighted by Gasteiger charge is 2.31. The average Bonchev–Trinajstić information content (AvgIpc) is 3.55. The first-order valence-electron chi connectivity index (χ1n) is 9.63. The van der Waals surface area contributed by atoms with Gasteiger partial charge in [-0.3, -0.25) is 9.59 Å². The maximum Gasteiger partial charge on any atom is 0.416 e. The number of oxime groups is 1. The summed E-state index contributed by atoms with van der Waals surface area (Å²) in [5, 5.41) is 21.4. The van der Waals surface area contributed by atoms with Crippen LogP contribution in [-0.2, 0) is 6.18 Å². The third-order valence-corrected chi connectivity index (χ3v) is 5.11. The summed E-state index contributed by atoms with van der Waals surface area (Å²) < 4.78 is 47.2. The fourth-order valence-electron chi connectivity index (χ4n) is 3.05. The summed E-state index contributed by atoms with van der Waals surface area (Å²) in [6.07, 6.45) is -1.55. The molecule has 2 aromatic heterocycles. The van der Waals surface area contributed by atoms with Crippen LogP contribution in [0.2, 0.25) is 5.02 Å². The van der Waals surface area contributed by atoms with Crippen molar-refractivity contribution in [2.75, 3.05) is 0 Å². The molecule has 1 aliphatic rings. The molecule has 1 saturated carbocycles. The normalized spacial score (nSPS) is 16.7. The summed E-state index contributed by atoms with van der Waals surface area (Å²) in [6.45, 7) is 0. The summed E-state index contributed by atoms with van der Waals surface area (Å²) in [5.74, 6) is -1.13. The summed E-state index contributed by atoms with van der Waals surface area (Å²) in [7, 11) is 0. The first kappa shape index (κ1) is 24.8. The van der Waals surface area contributed by atoms with Gasteiger partial charge in [0.25, 0.3) is 11.8 Å². The lowest BCUT2D eigenvalue weighted by Gasteiger charge is -2.09. The highest BCUT2D eigenvalue weighted by atomic mass is 35.5. The Kier molecular flexibility index (Phi) is 7.56. The molecular weight excluding hydrogens is 483 g/mol. The van der Waals surface area contributed by atoms with Crippen molar-refractivity contribution in [2.24, 2.45) is 10.9 Å². The molecule has 4 N–H and O–H groups in total. The zero-order valence-electron chi connectivity index (χ0n) is 17.2. The van der Waals surface area contributed by atoms with Crippen LogP contribution in [0.4, 0.5) is 13.2 Å². The fraction of sp³-hybridized carbons (Fsp3) is 0.250. The van der Waals surface area contributed by atoms with Crippen LogP contribution in [0.15, 0.2) is 50.8 Å². The quantitative estimate of drug-likeness (QED) is 0.363. The number of primary amides is 1. The molecule has 180 valence electrons. The van der Waals surface area contributed by atoms with E-state index in [1.165, 1.54) is 24.5 Å². The topological polar surface area (TPSA) is 157 Å². The van der Waals surface area contributed by atoms with Crippen LogP contribution in [0.3, 0.4) is 0 Å². The SMILES string of the molecule is NC(=O)c1ccon1.O=C(N[C@@H]1CCC(=NO)C1)c1noc(-c2ccc(C(F)(F)F)cc2)c1Cl. The summed E-state index contributed by atoms with van der Waals surface area (Å²) >= 11 is 6.12. The highest BCUT2D eigenvalue weighted by Crippen LogP contribution is 2.34. The number of nitrogens with one attached hydrogen (secondary N) is 1. The highest BCUT2D eigenvalue weighted by molar-refractivity contribution is 6.35. The molecule has 1 atom stereocenters. The van der Waals surface area contributed by atoms with E-state index in [1.54, 1.807) is 0 Å². The standard InChI is InChI=1S/C16H13ClF3N3O3.C4H4N2O2/c17-12-13(15(24)21-10-5-6-11(7-10)22-25)23-26-14(12)8-1-3-9(4-2-8)16(18,19)20;5-4(7)3-1-2-8-6-3/h1-4,10,25H,5-7H2,(H,21,24);1-2H,(H2,5,7)/t10-;/m1./s1. The Hall–Kier alpha value is -3.87. The maximum absolute atomic E-state index is 12.6. The van der Waals surface area contributed by atoms with E-state index in [-0.39, 0.29) is 33.8 Å². The van der Waals surface area contributed by atoms with E-state index in [1.807, 2.05) is 0 Å². The fourth-order valence-corrected chi connectivity index (χ4v) is 3.31. The molecule has 4 rings (SSSR count). The van der Waals surface area contributed by atoms with Crippen LogP contribution in [0, 0.1) is 0 Å². The Morgan fingerprint density at radius 1 is 1.21 bits per heavy atom.